The maximum atomic E-state index is 5.95. The number of hydrogen-bond acceptors (Lipinski definition) is 4. The minimum atomic E-state index is 0.380. The molecule has 3 N–H and O–H groups in total. The third-order valence-corrected chi connectivity index (χ3v) is 4.05. The van der Waals surface area contributed by atoms with Crippen molar-refractivity contribution in [2.75, 3.05) is 5.43 Å². The maximum absolute atomic E-state index is 5.95. The van der Waals surface area contributed by atoms with E-state index >= 15 is 0 Å². The Morgan fingerprint density at radius 2 is 1.43 bits per heavy atom. The smallest absolute Gasteiger partial charge is 0.238 e. The molecule has 0 aliphatic carbocycles. The first-order valence-electron chi connectivity index (χ1n) is 7.26. The van der Waals surface area contributed by atoms with Crippen LogP contribution in [0.15, 0.2) is 48.5 Å². The van der Waals surface area contributed by atoms with Gasteiger partial charge in [0, 0.05) is 16.1 Å². The van der Waals surface area contributed by atoms with Crippen molar-refractivity contribution < 1.29 is 0 Å². The molecule has 1 heterocycles. The molecule has 0 bridgehead atoms. The lowest BCUT2D eigenvalue weighted by Crippen LogP contribution is -2.11. The highest BCUT2D eigenvalue weighted by Crippen LogP contribution is 2.27. The van der Waals surface area contributed by atoms with Crippen molar-refractivity contribution in [3.05, 3.63) is 64.7 Å². The van der Waals surface area contributed by atoms with Crippen LogP contribution in [0.2, 0.25) is 5.02 Å². The Morgan fingerprint density at radius 3 is 2.04 bits per heavy atom. The van der Waals surface area contributed by atoms with Gasteiger partial charge in [0.15, 0.2) is 0 Å². The van der Waals surface area contributed by atoms with Gasteiger partial charge in [-0.2, -0.15) is 0 Å². The molecule has 116 valence electrons. The molecule has 2 aromatic carbocycles. The third kappa shape index (κ3) is 3.33. The van der Waals surface area contributed by atoms with Crippen molar-refractivity contribution >= 4 is 17.5 Å². The molecule has 0 amide bonds. The monoisotopic (exact) mass is 324 g/mol. The van der Waals surface area contributed by atoms with Crippen LogP contribution in [-0.2, 0) is 0 Å². The quantitative estimate of drug-likeness (QED) is 0.555. The van der Waals surface area contributed by atoms with Gasteiger partial charge in [-0.15, -0.1) is 0 Å². The molecule has 0 unspecified atom stereocenters. The fourth-order valence-corrected chi connectivity index (χ4v) is 2.45. The number of aryl methyl sites for hydroxylation is 2. The number of anilines is 1. The number of hydrogen-bond donors (Lipinski definition) is 2. The van der Waals surface area contributed by atoms with E-state index in [4.69, 9.17) is 17.4 Å². The van der Waals surface area contributed by atoms with E-state index in [0.717, 1.165) is 22.5 Å². The lowest BCUT2D eigenvalue weighted by Gasteiger charge is -2.09. The van der Waals surface area contributed by atoms with E-state index in [-0.39, 0.29) is 0 Å². The molecule has 3 rings (SSSR count). The van der Waals surface area contributed by atoms with Crippen LogP contribution in [0, 0.1) is 13.8 Å². The Bertz CT molecular complexity index is 844. The van der Waals surface area contributed by atoms with Gasteiger partial charge in [-0.25, -0.2) is 15.8 Å². The Kier molecular flexibility index (Phi) is 4.28. The summed E-state index contributed by atoms with van der Waals surface area (Å²) < 4.78 is 0. The molecule has 5 heteroatoms. The minimum absolute atomic E-state index is 0.380. The van der Waals surface area contributed by atoms with E-state index < -0.39 is 0 Å². The normalized spacial score (nSPS) is 10.6. The zero-order valence-corrected chi connectivity index (χ0v) is 13.7. The molecule has 0 saturated heterocycles. The van der Waals surface area contributed by atoms with Crippen LogP contribution in [0.25, 0.3) is 22.5 Å². The summed E-state index contributed by atoms with van der Waals surface area (Å²) in [6.07, 6.45) is 0. The molecule has 4 nitrogen and oxygen atoms in total. The molecule has 0 fully saturated rings. The van der Waals surface area contributed by atoms with E-state index in [0.29, 0.717) is 11.0 Å². The SMILES string of the molecule is Cc1ccc(-c2cc(-c3ccc(Cl)cc3)nc(NN)n2)cc1C. The minimum Gasteiger partial charge on any atom is -0.292 e. The summed E-state index contributed by atoms with van der Waals surface area (Å²) in [7, 11) is 0. The predicted octanol–water partition coefficient (Wildman–Crippen LogP) is 4.37. The largest absolute Gasteiger partial charge is 0.292 e. The van der Waals surface area contributed by atoms with Crippen LogP contribution in [0.4, 0.5) is 5.95 Å². The van der Waals surface area contributed by atoms with Crippen molar-refractivity contribution in [1.82, 2.24) is 9.97 Å². The summed E-state index contributed by atoms with van der Waals surface area (Å²) in [6.45, 7) is 4.17. The molecule has 0 aliphatic heterocycles. The number of nitrogen functional groups attached to an aromatic ring is 1. The highest BCUT2D eigenvalue weighted by atomic mass is 35.5. The van der Waals surface area contributed by atoms with E-state index in [1.165, 1.54) is 11.1 Å². The van der Waals surface area contributed by atoms with Crippen molar-refractivity contribution in [2.24, 2.45) is 5.84 Å². The molecule has 0 saturated carbocycles. The molecular formula is C18H17ClN4. The average molecular weight is 325 g/mol. The van der Waals surface area contributed by atoms with Gasteiger partial charge >= 0.3 is 0 Å². The van der Waals surface area contributed by atoms with E-state index in [1.807, 2.05) is 30.3 Å². The molecule has 0 aliphatic rings. The summed E-state index contributed by atoms with van der Waals surface area (Å²) in [6, 6.07) is 15.7. The third-order valence-electron chi connectivity index (χ3n) is 3.80. The number of hydrazine groups is 1. The number of nitrogens with one attached hydrogen (secondary N) is 1. The molecule has 0 atom stereocenters. The van der Waals surface area contributed by atoms with Gasteiger partial charge in [0.2, 0.25) is 5.95 Å². The highest BCUT2D eigenvalue weighted by Gasteiger charge is 2.09. The van der Waals surface area contributed by atoms with Gasteiger partial charge in [0.1, 0.15) is 0 Å². The standard InChI is InChI=1S/C18H17ClN4/c1-11-3-4-14(9-12(11)2)17-10-16(21-18(22-17)23-20)13-5-7-15(19)8-6-13/h3-10H,20H2,1-2H3,(H,21,22,23). The lowest BCUT2D eigenvalue weighted by molar-refractivity contribution is 1.12. The highest BCUT2D eigenvalue weighted by molar-refractivity contribution is 6.30. The molecule has 0 spiro atoms. The first kappa shape index (κ1) is 15.5. The predicted molar refractivity (Wildman–Crippen MR) is 95.2 cm³/mol. The van der Waals surface area contributed by atoms with Gasteiger partial charge in [-0.05, 0) is 49.2 Å². The Hall–Kier alpha value is -2.43. The number of aromatic nitrogens is 2. The molecule has 1 aromatic heterocycles. The van der Waals surface area contributed by atoms with Crippen molar-refractivity contribution in [2.45, 2.75) is 13.8 Å². The summed E-state index contributed by atoms with van der Waals surface area (Å²) in [5.41, 5.74) is 8.60. The van der Waals surface area contributed by atoms with Crippen LogP contribution in [0.3, 0.4) is 0 Å². The van der Waals surface area contributed by atoms with E-state index in [9.17, 15) is 0 Å². The van der Waals surface area contributed by atoms with Crippen LogP contribution < -0.4 is 11.3 Å². The Balaban J connectivity index is 2.12. The topological polar surface area (TPSA) is 63.8 Å². The van der Waals surface area contributed by atoms with Gasteiger partial charge < -0.3 is 0 Å². The van der Waals surface area contributed by atoms with Crippen molar-refractivity contribution in [3.8, 4) is 22.5 Å². The van der Waals surface area contributed by atoms with Gasteiger partial charge in [-0.3, -0.25) is 5.43 Å². The Morgan fingerprint density at radius 1 is 0.826 bits per heavy atom. The molecular weight excluding hydrogens is 308 g/mol. The second-order valence-corrected chi connectivity index (χ2v) is 5.85. The van der Waals surface area contributed by atoms with Gasteiger partial charge in [-0.1, -0.05) is 35.9 Å². The molecule has 0 radical (unpaired) electrons. The fraction of sp³-hybridized carbons (Fsp3) is 0.111. The van der Waals surface area contributed by atoms with Gasteiger partial charge in [0.05, 0.1) is 11.4 Å². The van der Waals surface area contributed by atoms with Crippen LogP contribution in [0.1, 0.15) is 11.1 Å². The fourth-order valence-electron chi connectivity index (χ4n) is 2.33. The summed E-state index contributed by atoms with van der Waals surface area (Å²) >= 11 is 5.95. The molecule has 3 aromatic rings. The number of benzene rings is 2. The average Bonchev–Trinajstić information content (AvgIpc) is 2.57. The number of nitrogens with zero attached hydrogens (tertiary/aromatic N) is 2. The summed E-state index contributed by atoms with van der Waals surface area (Å²) in [4.78, 5) is 8.89. The van der Waals surface area contributed by atoms with Crippen molar-refractivity contribution in [1.29, 1.82) is 0 Å². The number of rotatable bonds is 3. The number of nitrogens with two attached hydrogens (primary N) is 1. The van der Waals surface area contributed by atoms with Gasteiger partial charge in [0.25, 0.3) is 0 Å². The zero-order valence-electron chi connectivity index (χ0n) is 13.0. The second-order valence-electron chi connectivity index (χ2n) is 5.41. The summed E-state index contributed by atoms with van der Waals surface area (Å²) in [5, 5.41) is 0.689. The number of halogens is 1. The second kappa shape index (κ2) is 6.36. The maximum Gasteiger partial charge on any atom is 0.238 e. The van der Waals surface area contributed by atoms with Crippen LogP contribution in [0.5, 0.6) is 0 Å². The first-order chi connectivity index (χ1) is 11.1. The lowest BCUT2D eigenvalue weighted by atomic mass is 10.0. The first-order valence-corrected chi connectivity index (χ1v) is 7.64. The van der Waals surface area contributed by atoms with Crippen molar-refractivity contribution in [3.63, 3.8) is 0 Å². The van der Waals surface area contributed by atoms with E-state index in [1.54, 1.807) is 0 Å². The zero-order chi connectivity index (χ0) is 16.4. The Labute approximate surface area is 140 Å². The van der Waals surface area contributed by atoms with Crippen LogP contribution in [-0.4, -0.2) is 9.97 Å². The van der Waals surface area contributed by atoms with Crippen LogP contribution >= 0.6 is 11.6 Å². The molecule has 23 heavy (non-hydrogen) atoms. The summed E-state index contributed by atoms with van der Waals surface area (Å²) in [5.74, 6) is 5.91. The van der Waals surface area contributed by atoms with E-state index in [2.05, 4.69) is 47.4 Å².